The molecule has 1 aromatic carbocycles. The number of hydrogen-bond acceptors (Lipinski definition) is 5. The number of carbonyl (C=O) groups is 2. The van der Waals surface area contributed by atoms with Crippen molar-refractivity contribution in [3.8, 4) is 5.75 Å². The highest BCUT2D eigenvalue weighted by Crippen LogP contribution is 2.28. The van der Waals surface area contributed by atoms with Crippen molar-refractivity contribution in [3.63, 3.8) is 0 Å². The lowest BCUT2D eigenvalue weighted by Crippen LogP contribution is -2.30. The molecule has 0 atom stereocenters. The second-order valence-electron chi connectivity index (χ2n) is 5.94. The molecule has 7 heteroatoms. The maximum atomic E-state index is 12.7. The van der Waals surface area contributed by atoms with Crippen molar-refractivity contribution >= 4 is 28.2 Å². The molecule has 0 saturated carbocycles. The molecule has 140 valence electrons. The zero-order chi connectivity index (χ0) is 19.2. The van der Waals surface area contributed by atoms with Gasteiger partial charge in [0.25, 0.3) is 11.8 Å². The molecule has 6 nitrogen and oxygen atoms in total. The van der Waals surface area contributed by atoms with E-state index in [1.165, 1.54) is 17.6 Å². The first-order valence-corrected chi connectivity index (χ1v) is 9.25. The zero-order valence-electron chi connectivity index (χ0n) is 15.1. The second kappa shape index (κ2) is 8.55. The Labute approximate surface area is 161 Å². The Morgan fingerprint density at radius 2 is 1.96 bits per heavy atom. The summed E-state index contributed by atoms with van der Waals surface area (Å²) in [5, 5.41) is 3.36. The van der Waals surface area contributed by atoms with E-state index in [-0.39, 0.29) is 17.6 Å². The van der Waals surface area contributed by atoms with Gasteiger partial charge in [0.1, 0.15) is 12.4 Å². The normalized spacial score (nSPS) is 10.4. The van der Waals surface area contributed by atoms with Crippen LogP contribution in [0.15, 0.2) is 59.2 Å². The number of para-hydroxylation sites is 1. The van der Waals surface area contributed by atoms with Gasteiger partial charge in [0.05, 0.1) is 22.7 Å². The van der Waals surface area contributed by atoms with Crippen LogP contribution < -0.4 is 10.1 Å². The minimum Gasteiger partial charge on any atom is -0.492 e. The second-order valence-corrected chi connectivity index (χ2v) is 6.99. The van der Waals surface area contributed by atoms with Crippen molar-refractivity contribution in [1.82, 2.24) is 4.90 Å². The van der Waals surface area contributed by atoms with Gasteiger partial charge in [0, 0.05) is 7.05 Å². The smallest absolute Gasteiger partial charge is 0.291 e. The van der Waals surface area contributed by atoms with Crippen LogP contribution in [0, 0.1) is 6.92 Å². The number of hydrogen-bond donors (Lipinski definition) is 1. The van der Waals surface area contributed by atoms with Crippen molar-refractivity contribution in [1.29, 1.82) is 0 Å². The van der Waals surface area contributed by atoms with Gasteiger partial charge in [0.15, 0.2) is 5.76 Å². The van der Waals surface area contributed by atoms with Gasteiger partial charge in [-0.2, -0.15) is 0 Å². The largest absolute Gasteiger partial charge is 0.492 e. The molecule has 0 aliphatic heterocycles. The number of furan rings is 1. The average molecular weight is 384 g/mol. The molecule has 3 rings (SSSR count). The first kappa shape index (κ1) is 18.7. The Balaban J connectivity index is 1.57. The summed E-state index contributed by atoms with van der Waals surface area (Å²) in [6.07, 6.45) is 1.44. The number of benzene rings is 1. The zero-order valence-corrected chi connectivity index (χ0v) is 15.9. The molecule has 0 unspecified atom stereocenters. The Morgan fingerprint density at radius 3 is 2.67 bits per heavy atom. The molecule has 0 saturated heterocycles. The Hall–Kier alpha value is -3.06. The van der Waals surface area contributed by atoms with Gasteiger partial charge < -0.3 is 19.4 Å². The van der Waals surface area contributed by atoms with Crippen LogP contribution in [0.4, 0.5) is 5.00 Å². The van der Waals surface area contributed by atoms with Gasteiger partial charge in [-0.15, -0.1) is 11.3 Å². The predicted octanol–water partition coefficient (Wildman–Crippen LogP) is 4.05. The standard InChI is InChI=1S/C20H20N2O4S/c1-14-13-17(21-19(23)16-9-6-11-26-16)27-18(14)20(24)22(2)10-12-25-15-7-4-3-5-8-15/h3-9,11,13H,10,12H2,1-2H3,(H,21,23). The van der Waals surface area contributed by atoms with Gasteiger partial charge in [-0.25, -0.2) is 0 Å². The van der Waals surface area contributed by atoms with E-state index in [9.17, 15) is 9.59 Å². The summed E-state index contributed by atoms with van der Waals surface area (Å²) in [5.41, 5.74) is 0.815. The number of nitrogens with one attached hydrogen (secondary N) is 1. The number of carbonyl (C=O) groups excluding carboxylic acids is 2. The van der Waals surface area contributed by atoms with E-state index in [1.54, 1.807) is 30.1 Å². The van der Waals surface area contributed by atoms with E-state index < -0.39 is 0 Å². The molecule has 3 aromatic rings. The van der Waals surface area contributed by atoms with Gasteiger partial charge in [-0.3, -0.25) is 9.59 Å². The van der Waals surface area contributed by atoms with Crippen molar-refractivity contribution < 1.29 is 18.7 Å². The lowest BCUT2D eigenvalue weighted by Gasteiger charge is -2.17. The minimum atomic E-state index is -0.343. The molecule has 2 aromatic heterocycles. The van der Waals surface area contributed by atoms with Crippen LogP contribution in [0.2, 0.25) is 0 Å². The van der Waals surface area contributed by atoms with Gasteiger partial charge >= 0.3 is 0 Å². The number of aryl methyl sites for hydroxylation is 1. The fourth-order valence-electron chi connectivity index (χ4n) is 2.43. The van der Waals surface area contributed by atoms with Crippen LogP contribution in [-0.2, 0) is 0 Å². The third kappa shape index (κ3) is 4.77. The van der Waals surface area contributed by atoms with E-state index >= 15 is 0 Å². The summed E-state index contributed by atoms with van der Waals surface area (Å²) >= 11 is 1.25. The molecular weight excluding hydrogens is 364 g/mol. The minimum absolute atomic E-state index is 0.104. The number of thiophene rings is 1. The van der Waals surface area contributed by atoms with Crippen LogP contribution in [0.25, 0.3) is 0 Å². The van der Waals surface area contributed by atoms with Crippen LogP contribution >= 0.6 is 11.3 Å². The van der Waals surface area contributed by atoms with Crippen molar-refractivity contribution in [3.05, 3.63) is 71.0 Å². The predicted molar refractivity (Wildman–Crippen MR) is 105 cm³/mol. The third-order valence-electron chi connectivity index (χ3n) is 3.88. The fraction of sp³-hybridized carbons (Fsp3) is 0.200. The number of anilines is 1. The lowest BCUT2D eigenvalue weighted by molar-refractivity contribution is 0.0777. The summed E-state index contributed by atoms with van der Waals surface area (Å²) < 4.78 is 10.7. The molecule has 1 N–H and O–H groups in total. The summed E-state index contributed by atoms with van der Waals surface area (Å²) in [6.45, 7) is 2.71. The number of nitrogens with zero attached hydrogens (tertiary/aromatic N) is 1. The first-order chi connectivity index (χ1) is 13.0. The van der Waals surface area contributed by atoms with Gasteiger partial charge in [-0.05, 0) is 42.8 Å². The first-order valence-electron chi connectivity index (χ1n) is 8.43. The van der Waals surface area contributed by atoms with Crippen molar-refractivity contribution in [2.45, 2.75) is 6.92 Å². The average Bonchev–Trinajstić information content (AvgIpc) is 3.32. The van der Waals surface area contributed by atoms with Crippen LogP contribution in [0.5, 0.6) is 5.75 Å². The number of likely N-dealkylation sites (N-methyl/N-ethyl adjacent to an activating group) is 1. The molecule has 0 radical (unpaired) electrons. The maximum absolute atomic E-state index is 12.7. The Kier molecular flexibility index (Phi) is 5.93. The topological polar surface area (TPSA) is 71.8 Å². The summed E-state index contributed by atoms with van der Waals surface area (Å²) in [6, 6.07) is 14.5. The SMILES string of the molecule is Cc1cc(NC(=O)c2ccco2)sc1C(=O)N(C)CCOc1ccccc1. The van der Waals surface area contributed by atoms with E-state index in [0.29, 0.717) is 23.0 Å². The summed E-state index contributed by atoms with van der Waals surface area (Å²) in [5.74, 6) is 0.551. The summed E-state index contributed by atoms with van der Waals surface area (Å²) in [4.78, 5) is 27.0. The van der Waals surface area contributed by atoms with E-state index in [0.717, 1.165) is 11.3 Å². The summed E-state index contributed by atoms with van der Waals surface area (Å²) in [7, 11) is 1.73. The quantitative estimate of drug-likeness (QED) is 0.667. The Morgan fingerprint density at radius 1 is 1.19 bits per heavy atom. The molecule has 2 heterocycles. The molecule has 0 bridgehead atoms. The fourth-order valence-corrected chi connectivity index (χ4v) is 3.49. The highest BCUT2D eigenvalue weighted by atomic mass is 32.1. The van der Waals surface area contributed by atoms with Crippen LogP contribution in [0.3, 0.4) is 0 Å². The molecule has 27 heavy (non-hydrogen) atoms. The van der Waals surface area contributed by atoms with E-state index in [2.05, 4.69) is 5.32 Å². The van der Waals surface area contributed by atoms with Crippen molar-refractivity contribution in [2.75, 3.05) is 25.5 Å². The molecule has 2 amide bonds. The van der Waals surface area contributed by atoms with E-state index in [1.807, 2.05) is 37.3 Å². The maximum Gasteiger partial charge on any atom is 0.291 e. The number of ether oxygens (including phenoxy) is 1. The van der Waals surface area contributed by atoms with Crippen LogP contribution in [0.1, 0.15) is 25.8 Å². The lowest BCUT2D eigenvalue weighted by atomic mass is 10.2. The van der Waals surface area contributed by atoms with E-state index in [4.69, 9.17) is 9.15 Å². The monoisotopic (exact) mass is 384 g/mol. The van der Waals surface area contributed by atoms with Gasteiger partial charge in [0.2, 0.25) is 0 Å². The molecule has 0 aliphatic rings. The van der Waals surface area contributed by atoms with Crippen molar-refractivity contribution in [2.24, 2.45) is 0 Å². The molecule has 0 fully saturated rings. The number of amides is 2. The Bertz CT molecular complexity index is 903. The molecular formula is C20H20N2O4S. The van der Waals surface area contributed by atoms with Gasteiger partial charge in [-0.1, -0.05) is 18.2 Å². The molecule has 0 aliphatic carbocycles. The number of rotatable bonds is 7. The molecule has 0 spiro atoms. The third-order valence-corrected chi connectivity index (χ3v) is 5.02. The highest BCUT2D eigenvalue weighted by Gasteiger charge is 2.19. The highest BCUT2D eigenvalue weighted by molar-refractivity contribution is 7.18. The van der Waals surface area contributed by atoms with Crippen LogP contribution in [-0.4, -0.2) is 36.9 Å².